The second-order valence-electron chi connectivity index (χ2n) is 4.45. The fourth-order valence-electron chi connectivity index (χ4n) is 1.11. The van der Waals surface area contributed by atoms with Crippen molar-refractivity contribution in [3.8, 4) is 0 Å². The lowest BCUT2D eigenvalue weighted by atomic mass is 9.90. The molecular weight excluding hydrogens is 216 g/mol. The molecule has 0 bridgehead atoms. The minimum Gasteiger partial charge on any atom is -0.385 e. The van der Waals surface area contributed by atoms with Gasteiger partial charge in [-0.25, -0.2) is 13.6 Å². The van der Waals surface area contributed by atoms with Crippen LogP contribution in [-0.2, 0) is 14.8 Å². The number of primary sulfonamides is 1. The Morgan fingerprint density at radius 3 is 2.47 bits per heavy atom. The van der Waals surface area contributed by atoms with Crippen molar-refractivity contribution in [2.24, 2.45) is 10.6 Å². The third-order valence-electron chi connectivity index (χ3n) is 2.15. The Labute approximate surface area is 92.4 Å². The summed E-state index contributed by atoms with van der Waals surface area (Å²) in [5, 5.41) is 7.95. The van der Waals surface area contributed by atoms with Gasteiger partial charge in [-0.2, -0.15) is 0 Å². The molecule has 0 atom stereocenters. The lowest BCUT2D eigenvalue weighted by Crippen LogP contribution is -2.34. The fourth-order valence-corrected chi connectivity index (χ4v) is 1.54. The molecule has 15 heavy (non-hydrogen) atoms. The summed E-state index contributed by atoms with van der Waals surface area (Å²) in [6.45, 7) is 6.08. The molecular formula is C9H22N2O3S. The maximum atomic E-state index is 10.6. The third-order valence-corrected chi connectivity index (χ3v) is 2.92. The molecule has 0 spiro atoms. The molecule has 5 nitrogen and oxygen atoms in total. The Kier molecular flexibility index (Phi) is 6.35. The van der Waals surface area contributed by atoms with E-state index in [0.29, 0.717) is 13.2 Å². The van der Waals surface area contributed by atoms with Gasteiger partial charge >= 0.3 is 0 Å². The van der Waals surface area contributed by atoms with Gasteiger partial charge < -0.3 is 10.1 Å². The van der Waals surface area contributed by atoms with Crippen LogP contribution in [0.3, 0.4) is 0 Å². The van der Waals surface area contributed by atoms with Crippen molar-refractivity contribution >= 4 is 10.0 Å². The molecule has 0 heterocycles. The van der Waals surface area contributed by atoms with Gasteiger partial charge in [0.15, 0.2) is 0 Å². The molecule has 0 aromatic carbocycles. The van der Waals surface area contributed by atoms with Crippen LogP contribution >= 0.6 is 0 Å². The molecule has 0 fully saturated rings. The standard InChI is InChI=1S/C9H22N2O3S/c1-9(2,4-6-14-3)8-11-5-7-15(10,12)13/h11H,4-8H2,1-3H3,(H2,10,12,13). The predicted octanol–water partition coefficient (Wildman–Crippen LogP) is -0.0728. The first-order chi connectivity index (χ1) is 6.77. The highest BCUT2D eigenvalue weighted by Gasteiger charge is 2.16. The van der Waals surface area contributed by atoms with Crippen molar-refractivity contribution in [2.75, 3.05) is 32.6 Å². The van der Waals surface area contributed by atoms with E-state index in [1.807, 2.05) is 0 Å². The normalized spacial score (nSPS) is 13.1. The number of hydrogen-bond donors (Lipinski definition) is 2. The topological polar surface area (TPSA) is 81.4 Å². The summed E-state index contributed by atoms with van der Waals surface area (Å²) in [6.07, 6.45) is 0.936. The van der Waals surface area contributed by atoms with E-state index in [0.717, 1.165) is 13.0 Å². The van der Waals surface area contributed by atoms with Crippen LogP contribution < -0.4 is 10.5 Å². The van der Waals surface area contributed by atoms with Crippen LogP contribution in [0.4, 0.5) is 0 Å². The van der Waals surface area contributed by atoms with Crippen molar-refractivity contribution in [3.05, 3.63) is 0 Å². The number of rotatable bonds is 8. The summed E-state index contributed by atoms with van der Waals surface area (Å²) in [7, 11) is -1.67. The molecule has 6 heteroatoms. The molecule has 0 aliphatic heterocycles. The first-order valence-electron chi connectivity index (χ1n) is 4.97. The third kappa shape index (κ3) is 10.1. The Balaban J connectivity index is 3.66. The lowest BCUT2D eigenvalue weighted by Gasteiger charge is -2.24. The van der Waals surface area contributed by atoms with Gasteiger partial charge in [0.1, 0.15) is 0 Å². The van der Waals surface area contributed by atoms with E-state index >= 15 is 0 Å². The van der Waals surface area contributed by atoms with Crippen LogP contribution in [0, 0.1) is 5.41 Å². The zero-order chi connectivity index (χ0) is 11.9. The monoisotopic (exact) mass is 238 g/mol. The Morgan fingerprint density at radius 1 is 1.40 bits per heavy atom. The number of sulfonamides is 1. The molecule has 0 rings (SSSR count). The van der Waals surface area contributed by atoms with E-state index in [-0.39, 0.29) is 11.2 Å². The van der Waals surface area contributed by atoms with E-state index < -0.39 is 10.0 Å². The maximum absolute atomic E-state index is 10.6. The van der Waals surface area contributed by atoms with Crippen molar-refractivity contribution in [2.45, 2.75) is 20.3 Å². The van der Waals surface area contributed by atoms with Gasteiger partial charge in [0, 0.05) is 26.8 Å². The summed E-state index contributed by atoms with van der Waals surface area (Å²) < 4.78 is 26.3. The minimum atomic E-state index is -3.35. The number of methoxy groups -OCH3 is 1. The van der Waals surface area contributed by atoms with Gasteiger partial charge in [-0.05, 0) is 11.8 Å². The van der Waals surface area contributed by atoms with Crippen molar-refractivity contribution in [1.82, 2.24) is 5.32 Å². The number of ether oxygens (including phenoxy) is 1. The number of nitrogens with one attached hydrogen (secondary N) is 1. The van der Waals surface area contributed by atoms with Crippen LogP contribution in [0.5, 0.6) is 0 Å². The smallest absolute Gasteiger partial charge is 0.210 e. The molecule has 0 saturated carbocycles. The average molecular weight is 238 g/mol. The molecule has 0 aromatic rings. The highest BCUT2D eigenvalue weighted by atomic mass is 32.2. The van der Waals surface area contributed by atoms with Gasteiger partial charge in [0.2, 0.25) is 10.0 Å². The van der Waals surface area contributed by atoms with Gasteiger partial charge in [-0.15, -0.1) is 0 Å². The SMILES string of the molecule is COCCC(C)(C)CNCCS(N)(=O)=O. The molecule has 0 aliphatic rings. The van der Waals surface area contributed by atoms with E-state index in [1.54, 1.807) is 7.11 Å². The largest absolute Gasteiger partial charge is 0.385 e. The summed E-state index contributed by atoms with van der Waals surface area (Å²) >= 11 is 0. The van der Waals surface area contributed by atoms with Crippen LogP contribution in [0.1, 0.15) is 20.3 Å². The predicted molar refractivity (Wildman–Crippen MR) is 61.1 cm³/mol. The van der Waals surface area contributed by atoms with Gasteiger partial charge in [0.25, 0.3) is 0 Å². The lowest BCUT2D eigenvalue weighted by molar-refractivity contribution is 0.151. The highest BCUT2D eigenvalue weighted by molar-refractivity contribution is 7.89. The average Bonchev–Trinajstić information content (AvgIpc) is 2.08. The van der Waals surface area contributed by atoms with Crippen LogP contribution in [0.15, 0.2) is 0 Å². The molecule has 0 aliphatic carbocycles. The second-order valence-corrected chi connectivity index (χ2v) is 6.18. The zero-order valence-electron chi connectivity index (χ0n) is 9.75. The quantitative estimate of drug-likeness (QED) is 0.580. The van der Waals surface area contributed by atoms with E-state index in [2.05, 4.69) is 19.2 Å². The fraction of sp³-hybridized carbons (Fsp3) is 1.00. The van der Waals surface area contributed by atoms with Crippen molar-refractivity contribution < 1.29 is 13.2 Å². The molecule has 0 unspecified atom stereocenters. The first kappa shape index (κ1) is 14.8. The van der Waals surface area contributed by atoms with E-state index in [1.165, 1.54) is 0 Å². The minimum absolute atomic E-state index is 0.0205. The summed E-state index contributed by atoms with van der Waals surface area (Å²) in [6, 6.07) is 0. The van der Waals surface area contributed by atoms with E-state index in [4.69, 9.17) is 9.88 Å². The highest BCUT2D eigenvalue weighted by Crippen LogP contribution is 2.18. The first-order valence-corrected chi connectivity index (χ1v) is 6.68. The molecule has 0 amide bonds. The van der Waals surface area contributed by atoms with Gasteiger partial charge in [0.05, 0.1) is 5.75 Å². The van der Waals surface area contributed by atoms with Crippen LogP contribution in [-0.4, -0.2) is 41.0 Å². The Bertz CT molecular complexity index is 263. The Morgan fingerprint density at radius 2 is 2.00 bits per heavy atom. The number of nitrogens with two attached hydrogens (primary N) is 1. The molecule has 0 radical (unpaired) electrons. The molecule has 92 valence electrons. The van der Waals surface area contributed by atoms with Gasteiger partial charge in [-0.1, -0.05) is 13.8 Å². The number of hydrogen-bond acceptors (Lipinski definition) is 4. The van der Waals surface area contributed by atoms with Crippen molar-refractivity contribution in [1.29, 1.82) is 0 Å². The molecule has 0 aromatic heterocycles. The summed E-state index contributed by atoms with van der Waals surface area (Å²) in [4.78, 5) is 0. The summed E-state index contributed by atoms with van der Waals surface area (Å²) in [5.74, 6) is -0.0205. The molecule has 3 N–H and O–H groups in total. The van der Waals surface area contributed by atoms with Crippen LogP contribution in [0.2, 0.25) is 0 Å². The van der Waals surface area contributed by atoms with Crippen LogP contribution in [0.25, 0.3) is 0 Å². The van der Waals surface area contributed by atoms with Crippen molar-refractivity contribution in [3.63, 3.8) is 0 Å². The second kappa shape index (κ2) is 6.42. The zero-order valence-corrected chi connectivity index (χ0v) is 10.6. The molecule has 0 saturated heterocycles. The van der Waals surface area contributed by atoms with E-state index in [9.17, 15) is 8.42 Å². The Hall–Kier alpha value is -0.170. The summed E-state index contributed by atoms with van der Waals surface area (Å²) in [5.41, 5.74) is 0.106. The van der Waals surface area contributed by atoms with Gasteiger partial charge in [-0.3, -0.25) is 0 Å². The maximum Gasteiger partial charge on any atom is 0.210 e.